The van der Waals surface area contributed by atoms with Gasteiger partial charge in [-0.1, -0.05) is 5.16 Å². The number of hydrogen-bond acceptors (Lipinski definition) is 5. The highest BCUT2D eigenvalue weighted by Crippen LogP contribution is 2.24. The van der Waals surface area contributed by atoms with E-state index in [-0.39, 0.29) is 11.4 Å². The van der Waals surface area contributed by atoms with E-state index in [4.69, 9.17) is 15.7 Å². The Balaban J connectivity index is 2.40. The van der Waals surface area contributed by atoms with Gasteiger partial charge in [-0.05, 0) is 32.9 Å². The van der Waals surface area contributed by atoms with Crippen LogP contribution in [0.3, 0.4) is 0 Å². The normalized spacial score (nSPS) is 19.5. The molecule has 104 valence electrons. The van der Waals surface area contributed by atoms with Gasteiger partial charge >= 0.3 is 0 Å². The molecule has 0 radical (unpaired) electrons. The third kappa shape index (κ3) is 2.96. The first kappa shape index (κ1) is 13.6. The Bertz CT molecular complexity index is 499. The van der Waals surface area contributed by atoms with Crippen molar-refractivity contribution in [3.63, 3.8) is 0 Å². The maximum atomic E-state index is 8.87. The van der Waals surface area contributed by atoms with Gasteiger partial charge in [0.1, 0.15) is 5.82 Å². The van der Waals surface area contributed by atoms with Crippen LogP contribution in [-0.2, 0) is 4.74 Å². The van der Waals surface area contributed by atoms with Gasteiger partial charge in [0, 0.05) is 18.8 Å². The molecule has 0 spiro atoms. The summed E-state index contributed by atoms with van der Waals surface area (Å²) in [4.78, 5) is 6.64. The molecule has 1 aliphatic heterocycles. The number of aromatic nitrogens is 1. The van der Waals surface area contributed by atoms with Crippen LogP contribution < -0.4 is 10.6 Å². The molecule has 0 unspecified atom stereocenters. The molecule has 1 fully saturated rings. The average molecular weight is 264 g/mol. The molecule has 0 aliphatic carbocycles. The maximum Gasteiger partial charge on any atom is 0.173 e. The average Bonchev–Trinajstić information content (AvgIpc) is 2.36. The first-order valence-electron chi connectivity index (χ1n) is 6.27. The second kappa shape index (κ2) is 5.05. The first-order chi connectivity index (χ1) is 8.93. The highest BCUT2D eigenvalue weighted by atomic mass is 16.5. The maximum absolute atomic E-state index is 8.87. The topological polar surface area (TPSA) is 84.0 Å². The minimum Gasteiger partial charge on any atom is -0.409 e. The molecular weight excluding hydrogens is 244 g/mol. The summed E-state index contributed by atoms with van der Waals surface area (Å²) in [5, 5.41) is 12.0. The molecule has 0 amide bonds. The largest absolute Gasteiger partial charge is 0.409 e. The van der Waals surface area contributed by atoms with Crippen molar-refractivity contribution in [3.05, 3.63) is 23.4 Å². The van der Waals surface area contributed by atoms with Gasteiger partial charge in [-0.15, -0.1) is 0 Å². The Morgan fingerprint density at radius 1 is 1.53 bits per heavy atom. The van der Waals surface area contributed by atoms with Gasteiger partial charge in [-0.3, -0.25) is 0 Å². The molecule has 1 aromatic heterocycles. The fraction of sp³-hybridized carbons (Fsp3) is 0.538. The van der Waals surface area contributed by atoms with E-state index in [0.717, 1.165) is 24.6 Å². The van der Waals surface area contributed by atoms with Crippen molar-refractivity contribution in [3.8, 4) is 0 Å². The van der Waals surface area contributed by atoms with E-state index < -0.39 is 0 Å². The number of rotatable bonds is 2. The zero-order valence-corrected chi connectivity index (χ0v) is 11.6. The number of hydrogen-bond donors (Lipinski definition) is 2. The van der Waals surface area contributed by atoms with Crippen molar-refractivity contribution in [1.29, 1.82) is 0 Å². The third-order valence-corrected chi connectivity index (χ3v) is 3.12. The Kier molecular flexibility index (Phi) is 3.61. The van der Waals surface area contributed by atoms with Crippen LogP contribution >= 0.6 is 0 Å². The first-order valence-corrected chi connectivity index (χ1v) is 6.27. The molecule has 0 atom stereocenters. The lowest BCUT2D eigenvalue weighted by molar-refractivity contribution is -0.0279. The molecule has 0 aromatic carbocycles. The van der Waals surface area contributed by atoms with E-state index in [1.54, 1.807) is 0 Å². The van der Waals surface area contributed by atoms with Gasteiger partial charge in [0.25, 0.3) is 0 Å². The molecule has 2 heterocycles. The van der Waals surface area contributed by atoms with E-state index in [2.05, 4.69) is 15.0 Å². The minimum atomic E-state index is -0.230. The fourth-order valence-corrected chi connectivity index (χ4v) is 2.24. The van der Waals surface area contributed by atoms with E-state index >= 15 is 0 Å². The molecule has 1 aromatic rings. The van der Waals surface area contributed by atoms with Crippen molar-refractivity contribution < 1.29 is 9.94 Å². The molecule has 2 rings (SSSR count). The number of aryl methyl sites for hydroxylation is 1. The zero-order chi connectivity index (χ0) is 14.0. The van der Waals surface area contributed by atoms with Gasteiger partial charge in [0.2, 0.25) is 0 Å². The molecule has 6 nitrogen and oxygen atoms in total. The quantitative estimate of drug-likeness (QED) is 0.362. The van der Waals surface area contributed by atoms with Crippen LogP contribution in [0.15, 0.2) is 17.3 Å². The van der Waals surface area contributed by atoms with Crippen molar-refractivity contribution in [2.45, 2.75) is 26.4 Å². The van der Waals surface area contributed by atoms with Crippen molar-refractivity contribution >= 4 is 11.7 Å². The Morgan fingerprint density at radius 2 is 2.26 bits per heavy atom. The predicted molar refractivity (Wildman–Crippen MR) is 73.7 cm³/mol. The van der Waals surface area contributed by atoms with Gasteiger partial charge < -0.3 is 20.6 Å². The smallest absolute Gasteiger partial charge is 0.173 e. The van der Waals surface area contributed by atoms with Crippen LogP contribution in [0.1, 0.15) is 25.1 Å². The fourth-order valence-electron chi connectivity index (χ4n) is 2.24. The van der Waals surface area contributed by atoms with Gasteiger partial charge in [0.15, 0.2) is 5.84 Å². The highest BCUT2D eigenvalue weighted by Gasteiger charge is 2.29. The molecule has 0 saturated carbocycles. The van der Waals surface area contributed by atoms with Crippen LogP contribution in [0.5, 0.6) is 0 Å². The number of nitrogens with zero attached hydrogens (tertiary/aromatic N) is 3. The molecule has 3 N–H and O–H groups in total. The number of morpholine rings is 1. The lowest BCUT2D eigenvalue weighted by atomic mass is 10.1. The highest BCUT2D eigenvalue weighted by molar-refractivity contribution is 6.01. The summed E-state index contributed by atoms with van der Waals surface area (Å²) in [5.41, 5.74) is 7.03. The molecular formula is C13H20N4O2. The van der Waals surface area contributed by atoms with Crippen molar-refractivity contribution in [2.75, 3.05) is 24.6 Å². The molecule has 6 heteroatoms. The van der Waals surface area contributed by atoms with Crippen LogP contribution in [0, 0.1) is 6.92 Å². The number of amidine groups is 1. The summed E-state index contributed by atoms with van der Waals surface area (Å²) < 4.78 is 5.69. The Hall–Kier alpha value is -1.82. The van der Waals surface area contributed by atoms with Crippen LogP contribution in [-0.4, -0.2) is 41.3 Å². The van der Waals surface area contributed by atoms with Gasteiger partial charge in [0.05, 0.1) is 17.8 Å². The van der Waals surface area contributed by atoms with E-state index in [1.807, 2.05) is 32.9 Å². The summed E-state index contributed by atoms with van der Waals surface area (Å²) in [5.74, 6) is 0.818. The second-order valence-electron chi connectivity index (χ2n) is 5.34. The molecule has 1 aliphatic rings. The lowest BCUT2D eigenvalue weighted by Crippen LogP contribution is -2.49. The summed E-state index contributed by atoms with van der Waals surface area (Å²) >= 11 is 0. The number of oxime groups is 1. The van der Waals surface area contributed by atoms with Gasteiger partial charge in [-0.25, -0.2) is 4.98 Å². The van der Waals surface area contributed by atoms with Gasteiger partial charge in [-0.2, -0.15) is 0 Å². The van der Waals surface area contributed by atoms with E-state index in [1.165, 1.54) is 0 Å². The summed E-state index contributed by atoms with van der Waals surface area (Å²) in [6.07, 6.45) is 0. The minimum absolute atomic E-state index is 0.0757. The summed E-state index contributed by atoms with van der Waals surface area (Å²) in [6.45, 7) is 8.10. The number of ether oxygens (including phenoxy) is 1. The SMILES string of the molecule is Cc1ccc(C(N)=NO)c(N2CCOC(C)(C)C2)n1. The van der Waals surface area contributed by atoms with E-state index in [9.17, 15) is 0 Å². The monoisotopic (exact) mass is 264 g/mol. The number of nitrogens with two attached hydrogens (primary N) is 1. The lowest BCUT2D eigenvalue weighted by Gasteiger charge is -2.39. The second-order valence-corrected chi connectivity index (χ2v) is 5.34. The summed E-state index contributed by atoms with van der Waals surface area (Å²) in [6, 6.07) is 3.68. The predicted octanol–water partition coefficient (Wildman–Crippen LogP) is 1.10. The summed E-state index contributed by atoms with van der Waals surface area (Å²) in [7, 11) is 0. The number of pyridine rings is 1. The molecule has 0 bridgehead atoms. The standard InChI is InChI=1S/C13H20N4O2/c1-9-4-5-10(11(14)16-18)12(15-9)17-6-7-19-13(2,3)8-17/h4-5,18H,6-8H2,1-3H3,(H2,14,16). The van der Waals surface area contributed by atoms with Crippen molar-refractivity contribution in [1.82, 2.24) is 4.98 Å². The Morgan fingerprint density at radius 3 is 2.89 bits per heavy atom. The zero-order valence-electron chi connectivity index (χ0n) is 11.6. The molecule has 19 heavy (non-hydrogen) atoms. The van der Waals surface area contributed by atoms with E-state index in [0.29, 0.717) is 12.2 Å². The Labute approximate surface area is 112 Å². The van der Waals surface area contributed by atoms with Crippen LogP contribution in [0.4, 0.5) is 5.82 Å². The van der Waals surface area contributed by atoms with Crippen LogP contribution in [0.2, 0.25) is 0 Å². The molecule has 1 saturated heterocycles. The van der Waals surface area contributed by atoms with Crippen LogP contribution in [0.25, 0.3) is 0 Å². The van der Waals surface area contributed by atoms with Crippen molar-refractivity contribution in [2.24, 2.45) is 10.9 Å². The number of anilines is 1. The third-order valence-electron chi connectivity index (χ3n) is 3.12.